The van der Waals surface area contributed by atoms with E-state index in [2.05, 4.69) is 4.98 Å². The van der Waals surface area contributed by atoms with Gasteiger partial charge in [0.1, 0.15) is 0 Å². The van der Waals surface area contributed by atoms with Gasteiger partial charge in [0.2, 0.25) is 0 Å². The number of halogens is 1. The van der Waals surface area contributed by atoms with E-state index >= 15 is 0 Å². The fourth-order valence-corrected chi connectivity index (χ4v) is 2.86. The summed E-state index contributed by atoms with van der Waals surface area (Å²) in [4.78, 5) is 27.9. The molecule has 3 rings (SSSR count). The molecular weight excluding hydrogens is 284 g/mol. The van der Waals surface area contributed by atoms with Gasteiger partial charge in [-0.1, -0.05) is 23.7 Å². The molecule has 0 saturated carbocycles. The Morgan fingerprint density at radius 1 is 1.21 bits per heavy atom. The van der Waals surface area contributed by atoms with Crippen LogP contribution in [0.4, 0.5) is 0 Å². The van der Waals surface area contributed by atoms with Crippen molar-refractivity contribution in [3.05, 3.63) is 66.4 Å². The normalized spacial score (nSPS) is 11.0. The van der Waals surface area contributed by atoms with Crippen molar-refractivity contribution >= 4 is 33.8 Å². The molecule has 0 saturated heterocycles. The number of thiophene rings is 1. The van der Waals surface area contributed by atoms with Gasteiger partial charge in [0.05, 0.1) is 22.5 Å². The third kappa shape index (κ3) is 2.11. The van der Waals surface area contributed by atoms with E-state index in [1.54, 1.807) is 18.2 Å². The summed E-state index contributed by atoms with van der Waals surface area (Å²) in [6.07, 6.45) is 0. The van der Waals surface area contributed by atoms with Crippen LogP contribution in [0.2, 0.25) is 5.02 Å². The molecule has 0 amide bonds. The topological polar surface area (TPSA) is 54.9 Å². The van der Waals surface area contributed by atoms with Crippen LogP contribution in [-0.4, -0.2) is 9.55 Å². The molecule has 2 heterocycles. The SMILES string of the molecule is O=c1[nH]c2c(Cl)cccc2c(=O)n1Cc1cccs1. The Morgan fingerprint density at radius 2 is 2.05 bits per heavy atom. The van der Waals surface area contributed by atoms with Crippen molar-refractivity contribution < 1.29 is 0 Å². The van der Waals surface area contributed by atoms with Gasteiger partial charge in [0.25, 0.3) is 5.56 Å². The van der Waals surface area contributed by atoms with Crippen LogP contribution in [0.25, 0.3) is 10.9 Å². The molecule has 0 fully saturated rings. The minimum atomic E-state index is -0.445. The number of H-pyrrole nitrogens is 1. The molecule has 1 aromatic carbocycles. The third-order valence-electron chi connectivity index (χ3n) is 2.86. The number of fused-ring (bicyclic) bond motifs is 1. The number of rotatable bonds is 2. The van der Waals surface area contributed by atoms with Gasteiger partial charge >= 0.3 is 5.69 Å². The quantitative estimate of drug-likeness (QED) is 0.789. The molecule has 96 valence electrons. The van der Waals surface area contributed by atoms with E-state index in [0.717, 1.165) is 4.88 Å². The van der Waals surface area contributed by atoms with E-state index < -0.39 is 5.69 Å². The molecule has 0 aliphatic heterocycles. The number of para-hydroxylation sites is 1. The molecule has 0 unspecified atom stereocenters. The summed E-state index contributed by atoms with van der Waals surface area (Å²) in [5.41, 5.74) is -0.379. The van der Waals surface area contributed by atoms with Gasteiger partial charge in [-0.2, -0.15) is 0 Å². The average molecular weight is 293 g/mol. The number of hydrogen-bond donors (Lipinski definition) is 1. The molecule has 0 aliphatic rings. The Morgan fingerprint density at radius 3 is 2.79 bits per heavy atom. The van der Waals surface area contributed by atoms with Crippen molar-refractivity contribution in [2.45, 2.75) is 6.54 Å². The molecule has 6 heteroatoms. The van der Waals surface area contributed by atoms with Gasteiger partial charge in [0.15, 0.2) is 0 Å². The second-order valence-electron chi connectivity index (χ2n) is 4.06. The summed E-state index contributed by atoms with van der Waals surface area (Å²) in [6, 6.07) is 8.77. The van der Waals surface area contributed by atoms with Gasteiger partial charge < -0.3 is 4.98 Å². The zero-order valence-corrected chi connectivity index (χ0v) is 11.3. The molecule has 19 heavy (non-hydrogen) atoms. The lowest BCUT2D eigenvalue weighted by Gasteiger charge is -2.05. The number of aromatic amines is 1. The zero-order valence-electron chi connectivity index (χ0n) is 9.72. The standard InChI is InChI=1S/C13H9ClN2O2S/c14-10-5-1-4-9-11(10)15-13(18)16(12(9)17)7-8-3-2-6-19-8/h1-6H,7H2,(H,15,18). The Bertz CT molecular complexity index is 849. The molecule has 0 aliphatic carbocycles. The first kappa shape index (κ1) is 12.2. The van der Waals surface area contributed by atoms with Crippen LogP contribution in [0.1, 0.15) is 4.88 Å². The maximum absolute atomic E-state index is 12.3. The highest BCUT2D eigenvalue weighted by Crippen LogP contribution is 2.17. The highest BCUT2D eigenvalue weighted by molar-refractivity contribution is 7.09. The van der Waals surface area contributed by atoms with Gasteiger partial charge in [-0.25, -0.2) is 4.79 Å². The second kappa shape index (κ2) is 4.68. The van der Waals surface area contributed by atoms with Gasteiger partial charge in [-0.05, 0) is 23.6 Å². The fourth-order valence-electron chi connectivity index (χ4n) is 1.94. The Kier molecular flexibility index (Phi) is 3.00. The van der Waals surface area contributed by atoms with Crippen molar-refractivity contribution in [3.8, 4) is 0 Å². The van der Waals surface area contributed by atoms with Crippen LogP contribution in [-0.2, 0) is 6.54 Å². The smallest absolute Gasteiger partial charge is 0.305 e. The second-order valence-corrected chi connectivity index (χ2v) is 5.50. The maximum atomic E-state index is 12.3. The lowest BCUT2D eigenvalue weighted by molar-refractivity contribution is 0.720. The third-order valence-corrected chi connectivity index (χ3v) is 4.04. The molecular formula is C13H9ClN2O2S. The number of nitrogens with zero attached hydrogens (tertiary/aromatic N) is 1. The van der Waals surface area contributed by atoms with Crippen molar-refractivity contribution in [2.75, 3.05) is 0 Å². The van der Waals surface area contributed by atoms with Crippen LogP contribution in [0.3, 0.4) is 0 Å². The lowest BCUT2D eigenvalue weighted by atomic mass is 10.2. The Hall–Kier alpha value is -1.85. The number of benzene rings is 1. The predicted octanol–water partition coefficient (Wildman–Crippen LogP) is 2.45. The largest absolute Gasteiger partial charge is 0.329 e. The maximum Gasteiger partial charge on any atom is 0.329 e. The van der Waals surface area contributed by atoms with Gasteiger partial charge in [-0.15, -0.1) is 11.3 Å². The van der Waals surface area contributed by atoms with Crippen molar-refractivity contribution in [1.82, 2.24) is 9.55 Å². The molecule has 4 nitrogen and oxygen atoms in total. The monoisotopic (exact) mass is 292 g/mol. The fraction of sp³-hybridized carbons (Fsp3) is 0.0769. The summed E-state index contributed by atoms with van der Waals surface area (Å²) in [5.74, 6) is 0. The summed E-state index contributed by atoms with van der Waals surface area (Å²) in [7, 11) is 0. The molecule has 0 radical (unpaired) electrons. The number of nitrogens with one attached hydrogen (secondary N) is 1. The first-order chi connectivity index (χ1) is 9.16. The van der Waals surface area contributed by atoms with E-state index in [-0.39, 0.29) is 12.1 Å². The van der Waals surface area contributed by atoms with E-state index in [1.807, 2.05) is 17.5 Å². The van der Waals surface area contributed by atoms with Crippen LogP contribution < -0.4 is 11.2 Å². The first-order valence-corrected chi connectivity index (χ1v) is 6.86. The van der Waals surface area contributed by atoms with Crippen LogP contribution in [0.15, 0.2) is 45.3 Å². The number of aromatic nitrogens is 2. The van der Waals surface area contributed by atoms with E-state index in [4.69, 9.17) is 11.6 Å². The van der Waals surface area contributed by atoms with Crippen LogP contribution >= 0.6 is 22.9 Å². The molecule has 0 spiro atoms. The minimum absolute atomic E-state index is 0.272. The summed E-state index contributed by atoms with van der Waals surface area (Å²) >= 11 is 7.48. The van der Waals surface area contributed by atoms with Crippen molar-refractivity contribution in [1.29, 1.82) is 0 Å². The molecule has 1 N–H and O–H groups in total. The predicted molar refractivity (Wildman–Crippen MR) is 77.3 cm³/mol. The van der Waals surface area contributed by atoms with E-state index in [9.17, 15) is 9.59 Å². The highest BCUT2D eigenvalue weighted by atomic mass is 35.5. The molecule has 2 aromatic heterocycles. The number of hydrogen-bond acceptors (Lipinski definition) is 3. The molecule has 3 aromatic rings. The summed E-state index contributed by atoms with van der Waals surface area (Å²) < 4.78 is 1.19. The molecule has 0 atom stereocenters. The van der Waals surface area contributed by atoms with E-state index in [0.29, 0.717) is 15.9 Å². The average Bonchev–Trinajstić information content (AvgIpc) is 2.89. The minimum Gasteiger partial charge on any atom is -0.305 e. The summed E-state index contributed by atoms with van der Waals surface area (Å²) in [6.45, 7) is 0.272. The van der Waals surface area contributed by atoms with Gasteiger partial charge in [-0.3, -0.25) is 9.36 Å². The summed E-state index contributed by atoms with van der Waals surface area (Å²) in [5, 5.41) is 2.70. The van der Waals surface area contributed by atoms with Crippen LogP contribution in [0, 0.1) is 0 Å². The first-order valence-electron chi connectivity index (χ1n) is 5.60. The van der Waals surface area contributed by atoms with E-state index in [1.165, 1.54) is 15.9 Å². The Balaban J connectivity index is 2.27. The van der Waals surface area contributed by atoms with Gasteiger partial charge in [0, 0.05) is 4.88 Å². The zero-order chi connectivity index (χ0) is 13.4. The van der Waals surface area contributed by atoms with Crippen molar-refractivity contribution in [3.63, 3.8) is 0 Å². The molecule has 0 bridgehead atoms. The Labute approximate surface area is 116 Å². The highest BCUT2D eigenvalue weighted by Gasteiger charge is 2.10. The van der Waals surface area contributed by atoms with Crippen molar-refractivity contribution in [2.24, 2.45) is 0 Å². The lowest BCUT2D eigenvalue weighted by Crippen LogP contribution is -2.35. The van der Waals surface area contributed by atoms with Crippen LogP contribution in [0.5, 0.6) is 0 Å².